The van der Waals surface area contributed by atoms with Gasteiger partial charge in [0.25, 0.3) is 0 Å². The van der Waals surface area contributed by atoms with E-state index in [1.54, 1.807) is 4.68 Å². The van der Waals surface area contributed by atoms with Gasteiger partial charge in [-0.25, -0.2) is 14.5 Å². The maximum atomic E-state index is 11.8. The SMILES string of the molecule is COC(=O)C1CCCc2nc(CCc3ccccc3)nn21. The minimum absolute atomic E-state index is 0.226. The third-order valence-electron chi connectivity index (χ3n) is 3.87. The lowest BCUT2D eigenvalue weighted by molar-refractivity contribution is -0.145. The van der Waals surface area contributed by atoms with E-state index in [0.29, 0.717) is 0 Å². The fourth-order valence-electron chi connectivity index (χ4n) is 2.76. The van der Waals surface area contributed by atoms with E-state index in [9.17, 15) is 4.79 Å². The fourth-order valence-corrected chi connectivity index (χ4v) is 2.76. The molecule has 110 valence electrons. The maximum absolute atomic E-state index is 11.8. The first-order chi connectivity index (χ1) is 10.3. The first-order valence-corrected chi connectivity index (χ1v) is 7.34. The highest BCUT2D eigenvalue weighted by molar-refractivity contribution is 5.74. The fraction of sp³-hybridized carbons (Fsp3) is 0.438. The van der Waals surface area contributed by atoms with E-state index in [1.165, 1.54) is 12.7 Å². The number of fused-ring (bicyclic) bond motifs is 1. The number of aryl methyl sites for hydroxylation is 3. The number of nitrogens with zero attached hydrogens (tertiary/aromatic N) is 3. The lowest BCUT2D eigenvalue weighted by atomic mass is 10.1. The Labute approximate surface area is 124 Å². The zero-order chi connectivity index (χ0) is 14.7. The molecule has 2 heterocycles. The van der Waals surface area contributed by atoms with Crippen molar-refractivity contribution in [2.24, 2.45) is 0 Å². The number of methoxy groups -OCH3 is 1. The first-order valence-electron chi connectivity index (χ1n) is 7.34. The van der Waals surface area contributed by atoms with Crippen LogP contribution in [-0.2, 0) is 28.8 Å². The second kappa shape index (κ2) is 6.08. The second-order valence-corrected chi connectivity index (χ2v) is 5.31. The van der Waals surface area contributed by atoms with Crippen molar-refractivity contribution in [1.82, 2.24) is 14.8 Å². The molecule has 5 nitrogen and oxygen atoms in total. The van der Waals surface area contributed by atoms with E-state index >= 15 is 0 Å². The number of benzene rings is 1. The zero-order valence-electron chi connectivity index (χ0n) is 12.2. The van der Waals surface area contributed by atoms with Crippen LogP contribution in [0.2, 0.25) is 0 Å². The van der Waals surface area contributed by atoms with E-state index in [-0.39, 0.29) is 12.0 Å². The molecule has 0 N–H and O–H groups in total. The van der Waals surface area contributed by atoms with Gasteiger partial charge in [-0.05, 0) is 24.8 Å². The number of carbonyl (C=O) groups is 1. The minimum Gasteiger partial charge on any atom is -0.467 e. The van der Waals surface area contributed by atoms with Crippen LogP contribution in [0.1, 0.15) is 36.1 Å². The van der Waals surface area contributed by atoms with E-state index in [1.807, 2.05) is 18.2 Å². The molecule has 0 saturated heterocycles. The van der Waals surface area contributed by atoms with Crippen molar-refractivity contribution in [3.05, 3.63) is 47.5 Å². The molecule has 1 unspecified atom stereocenters. The highest BCUT2D eigenvalue weighted by atomic mass is 16.5. The number of hydrogen-bond donors (Lipinski definition) is 0. The Kier molecular flexibility index (Phi) is 3.99. The molecule has 0 aliphatic carbocycles. The summed E-state index contributed by atoms with van der Waals surface area (Å²) in [6, 6.07) is 9.98. The number of rotatable bonds is 4. The maximum Gasteiger partial charge on any atom is 0.330 e. The van der Waals surface area contributed by atoms with Gasteiger partial charge in [0.2, 0.25) is 0 Å². The van der Waals surface area contributed by atoms with Crippen molar-refractivity contribution in [3.8, 4) is 0 Å². The molecule has 1 aromatic heterocycles. The molecular weight excluding hydrogens is 266 g/mol. The van der Waals surface area contributed by atoms with Gasteiger partial charge in [-0.15, -0.1) is 0 Å². The summed E-state index contributed by atoms with van der Waals surface area (Å²) in [4.78, 5) is 16.4. The van der Waals surface area contributed by atoms with Gasteiger partial charge in [0.05, 0.1) is 7.11 Å². The van der Waals surface area contributed by atoms with Crippen molar-refractivity contribution in [2.75, 3.05) is 7.11 Å². The topological polar surface area (TPSA) is 57.0 Å². The minimum atomic E-state index is -0.309. The number of ether oxygens (including phenoxy) is 1. The number of aromatic nitrogens is 3. The summed E-state index contributed by atoms with van der Waals surface area (Å²) >= 11 is 0. The Balaban J connectivity index is 1.74. The van der Waals surface area contributed by atoms with Crippen molar-refractivity contribution >= 4 is 5.97 Å². The lowest BCUT2D eigenvalue weighted by Gasteiger charge is -2.20. The molecule has 1 aliphatic heterocycles. The van der Waals surface area contributed by atoms with Crippen molar-refractivity contribution in [2.45, 2.75) is 38.1 Å². The summed E-state index contributed by atoms with van der Waals surface area (Å²) in [6.45, 7) is 0. The van der Waals surface area contributed by atoms with Crippen LogP contribution in [0.5, 0.6) is 0 Å². The highest BCUT2D eigenvalue weighted by Gasteiger charge is 2.29. The van der Waals surface area contributed by atoms with E-state index in [2.05, 4.69) is 22.2 Å². The van der Waals surface area contributed by atoms with Gasteiger partial charge in [-0.2, -0.15) is 5.10 Å². The smallest absolute Gasteiger partial charge is 0.330 e. The van der Waals surface area contributed by atoms with Crippen molar-refractivity contribution in [3.63, 3.8) is 0 Å². The molecule has 0 saturated carbocycles. The third kappa shape index (κ3) is 2.96. The molecule has 1 atom stereocenters. The predicted octanol–water partition coefficient (Wildman–Crippen LogP) is 2.11. The summed E-state index contributed by atoms with van der Waals surface area (Å²) in [6.07, 6.45) is 4.31. The van der Waals surface area contributed by atoms with E-state index in [4.69, 9.17) is 4.74 Å². The second-order valence-electron chi connectivity index (χ2n) is 5.31. The van der Waals surface area contributed by atoms with Crippen LogP contribution >= 0.6 is 0 Å². The van der Waals surface area contributed by atoms with Crippen LogP contribution in [0.25, 0.3) is 0 Å². The van der Waals surface area contributed by atoms with Crippen LogP contribution in [0, 0.1) is 0 Å². The van der Waals surface area contributed by atoms with Crippen molar-refractivity contribution < 1.29 is 9.53 Å². The summed E-state index contributed by atoms with van der Waals surface area (Å²) in [5, 5.41) is 4.52. The summed E-state index contributed by atoms with van der Waals surface area (Å²) in [7, 11) is 1.42. The van der Waals surface area contributed by atoms with Gasteiger partial charge in [0, 0.05) is 12.8 Å². The van der Waals surface area contributed by atoms with E-state index < -0.39 is 0 Å². The average molecular weight is 285 g/mol. The van der Waals surface area contributed by atoms with Crippen LogP contribution < -0.4 is 0 Å². The molecule has 0 spiro atoms. The molecule has 1 aliphatic rings. The van der Waals surface area contributed by atoms with E-state index in [0.717, 1.165) is 43.8 Å². The summed E-state index contributed by atoms with van der Waals surface area (Å²) in [5.74, 6) is 1.49. The molecule has 5 heteroatoms. The Morgan fingerprint density at radius 2 is 2.14 bits per heavy atom. The van der Waals surface area contributed by atoms with Crippen LogP contribution in [0.15, 0.2) is 30.3 Å². The average Bonchev–Trinajstić information content (AvgIpc) is 2.96. The largest absolute Gasteiger partial charge is 0.467 e. The molecule has 3 rings (SSSR count). The molecule has 0 radical (unpaired) electrons. The number of esters is 1. The highest BCUT2D eigenvalue weighted by Crippen LogP contribution is 2.24. The Morgan fingerprint density at radius 1 is 1.33 bits per heavy atom. The molecule has 0 fully saturated rings. The van der Waals surface area contributed by atoms with Gasteiger partial charge in [-0.3, -0.25) is 0 Å². The Bertz CT molecular complexity index is 622. The molecule has 0 bridgehead atoms. The molecule has 1 aromatic carbocycles. The predicted molar refractivity (Wildman–Crippen MR) is 77.9 cm³/mol. The molecule has 21 heavy (non-hydrogen) atoms. The van der Waals surface area contributed by atoms with Gasteiger partial charge in [0.1, 0.15) is 5.82 Å². The van der Waals surface area contributed by atoms with Crippen LogP contribution in [0.3, 0.4) is 0 Å². The number of carbonyl (C=O) groups excluding carboxylic acids is 1. The third-order valence-corrected chi connectivity index (χ3v) is 3.87. The molecular formula is C16H19N3O2. The quantitative estimate of drug-likeness (QED) is 0.807. The Hall–Kier alpha value is -2.17. The van der Waals surface area contributed by atoms with Gasteiger partial charge >= 0.3 is 5.97 Å². The van der Waals surface area contributed by atoms with Crippen molar-refractivity contribution in [1.29, 1.82) is 0 Å². The Morgan fingerprint density at radius 3 is 2.90 bits per heavy atom. The zero-order valence-corrected chi connectivity index (χ0v) is 12.2. The lowest BCUT2D eigenvalue weighted by Crippen LogP contribution is -2.27. The van der Waals surface area contributed by atoms with Crippen LogP contribution in [0.4, 0.5) is 0 Å². The van der Waals surface area contributed by atoms with Gasteiger partial charge < -0.3 is 4.74 Å². The first kappa shape index (κ1) is 13.8. The van der Waals surface area contributed by atoms with Gasteiger partial charge in [0.15, 0.2) is 11.9 Å². The number of hydrogen-bond acceptors (Lipinski definition) is 4. The normalized spacial score (nSPS) is 17.3. The monoisotopic (exact) mass is 285 g/mol. The summed E-state index contributed by atoms with van der Waals surface area (Å²) < 4.78 is 6.62. The van der Waals surface area contributed by atoms with Gasteiger partial charge in [-0.1, -0.05) is 30.3 Å². The molecule has 0 amide bonds. The van der Waals surface area contributed by atoms with Crippen LogP contribution in [-0.4, -0.2) is 27.8 Å². The molecule has 2 aromatic rings. The standard InChI is InChI=1S/C16H19N3O2/c1-21-16(20)13-8-5-9-15-17-14(18-19(13)15)11-10-12-6-3-2-4-7-12/h2-4,6-7,13H,5,8-11H2,1H3. The summed E-state index contributed by atoms with van der Waals surface area (Å²) in [5.41, 5.74) is 1.27.